The first kappa shape index (κ1) is 16.4. The van der Waals surface area contributed by atoms with Crippen molar-refractivity contribution in [3.05, 3.63) is 41.1 Å². The first-order chi connectivity index (χ1) is 11.6. The predicted octanol–water partition coefficient (Wildman–Crippen LogP) is 2.81. The van der Waals surface area contributed by atoms with E-state index in [2.05, 4.69) is 10.6 Å². The highest BCUT2D eigenvalue weighted by atomic mass is 16.5. The van der Waals surface area contributed by atoms with Crippen molar-refractivity contribution in [1.82, 2.24) is 10.6 Å². The molecule has 1 heterocycles. The van der Waals surface area contributed by atoms with E-state index in [1.54, 1.807) is 20.1 Å². The van der Waals surface area contributed by atoms with Crippen LogP contribution >= 0.6 is 0 Å². The van der Waals surface area contributed by atoms with Gasteiger partial charge in [0.05, 0.1) is 18.7 Å². The molecule has 2 amide bonds. The zero-order chi connectivity index (χ0) is 17.1. The molecule has 24 heavy (non-hydrogen) atoms. The molecule has 1 aromatic carbocycles. The molecular weight excluding hydrogens is 308 g/mol. The van der Waals surface area contributed by atoms with E-state index in [9.17, 15) is 9.59 Å². The van der Waals surface area contributed by atoms with Gasteiger partial charge in [-0.3, -0.25) is 0 Å². The quantitative estimate of drug-likeness (QED) is 0.832. The van der Waals surface area contributed by atoms with Crippen molar-refractivity contribution in [1.29, 1.82) is 0 Å². The van der Waals surface area contributed by atoms with Gasteiger partial charge in [0.15, 0.2) is 0 Å². The summed E-state index contributed by atoms with van der Waals surface area (Å²) < 4.78 is 11.0. The first-order valence-electron chi connectivity index (χ1n) is 8.22. The van der Waals surface area contributed by atoms with E-state index in [4.69, 9.17) is 9.47 Å². The molecule has 1 fully saturated rings. The largest absolute Gasteiger partial charge is 0.496 e. The number of rotatable bonds is 4. The van der Waals surface area contributed by atoms with Crippen molar-refractivity contribution < 1.29 is 19.1 Å². The van der Waals surface area contributed by atoms with Gasteiger partial charge in [-0.1, -0.05) is 18.2 Å². The van der Waals surface area contributed by atoms with Crippen LogP contribution in [0.25, 0.3) is 0 Å². The molecule has 6 nitrogen and oxygen atoms in total. The van der Waals surface area contributed by atoms with Gasteiger partial charge < -0.3 is 20.1 Å². The number of nitrogens with one attached hydrogen (secondary N) is 2. The molecule has 1 aromatic rings. The fourth-order valence-electron chi connectivity index (χ4n) is 3.32. The molecule has 128 valence electrons. The Morgan fingerprint density at radius 3 is 2.62 bits per heavy atom. The van der Waals surface area contributed by atoms with E-state index in [0.717, 1.165) is 31.2 Å². The van der Waals surface area contributed by atoms with Crippen LogP contribution < -0.4 is 15.4 Å². The molecule has 0 spiro atoms. The molecule has 1 aliphatic carbocycles. The zero-order valence-electron chi connectivity index (χ0n) is 13.9. The lowest BCUT2D eigenvalue weighted by Crippen LogP contribution is -2.45. The van der Waals surface area contributed by atoms with E-state index < -0.39 is 6.04 Å². The fourth-order valence-corrected chi connectivity index (χ4v) is 3.32. The van der Waals surface area contributed by atoms with Gasteiger partial charge in [0, 0.05) is 11.3 Å². The van der Waals surface area contributed by atoms with Crippen molar-refractivity contribution in [3.63, 3.8) is 0 Å². The number of benzene rings is 1. The third kappa shape index (κ3) is 3.22. The molecule has 0 saturated heterocycles. The molecule has 0 bridgehead atoms. The number of hydrogen-bond acceptors (Lipinski definition) is 4. The molecule has 2 aliphatic rings. The second-order valence-corrected chi connectivity index (χ2v) is 6.12. The van der Waals surface area contributed by atoms with Gasteiger partial charge in [0.25, 0.3) is 0 Å². The number of allylic oxidation sites excluding steroid dienone is 1. The second-order valence-electron chi connectivity index (χ2n) is 6.12. The third-order valence-corrected chi connectivity index (χ3v) is 4.51. The van der Waals surface area contributed by atoms with Crippen molar-refractivity contribution in [2.24, 2.45) is 0 Å². The topological polar surface area (TPSA) is 76.7 Å². The summed E-state index contributed by atoms with van der Waals surface area (Å²) in [5.41, 5.74) is 1.66. The minimum atomic E-state index is -0.594. The Bertz CT molecular complexity index is 677. The number of amides is 2. The first-order valence-corrected chi connectivity index (χ1v) is 8.22. The van der Waals surface area contributed by atoms with Crippen LogP contribution in [0.4, 0.5) is 4.79 Å². The van der Waals surface area contributed by atoms with Crippen molar-refractivity contribution in [3.8, 4) is 5.75 Å². The highest BCUT2D eigenvalue weighted by Crippen LogP contribution is 2.34. The summed E-state index contributed by atoms with van der Waals surface area (Å²) in [5, 5.41) is 5.47. The molecule has 6 heteroatoms. The Labute approximate surface area is 141 Å². The molecule has 0 radical (unpaired) electrons. The Morgan fingerprint density at radius 2 is 1.92 bits per heavy atom. The average Bonchev–Trinajstić information content (AvgIpc) is 3.06. The van der Waals surface area contributed by atoms with E-state index in [0.29, 0.717) is 17.0 Å². The van der Waals surface area contributed by atoms with E-state index >= 15 is 0 Å². The minimum absolute atomic E-state index is 0.0336. The summed E-state index contributed by atoms with van der Waals surface area (Å²) >= 11 is 0. The summed E-state index contributed by atoms with van der Waals surface area (Å²) in [7, 11) is 1.56. The van der Waals surface area contributed by atoms with Gasteiger partial charge in [-0.05, 0) is 38.7 Å². The van der Waals surface area contributed by atoms with Crippen LogP contribution in [0.3, 0.4) is 0 Å². The van der Waals surface area contributed by atoms with Gasteiger partial charge in [0.2, 0.25) is 0 Å². The SMILES string of the molecule is COc1ccccc1[C@H]1NC(=O)NC(C)=C1C(=O)OC1CCCC1. The van der Waals surface area contributed by atoms with Gasteiger partial charge in [-0.15, -0.1) is 0 Å². The molecule has 0 aromatic heterocycles. The minimum Gasteiger partial charge on any atom is -0.496 e. The number of carbonyl (C=O) groups is 2. The van der Waals surface area contributed by atoms with Crippen LogP contribution in [0.2, 0.25) is 0 Å². The maximum absolute atomic E-state index is 12.7. The number of ether oxygens (including phenoxy) is 2. The fraction of sp³-hybridized carbons (Fsp3) is 0.444. The molecule has 1 aliphatic heterocycles. The van der Waals surface area contributed by atoms with Crippen LogP contribution in [0.15, 0.2) is 35.5 Å². The van der Waals surface area contributed by atoms with Crippen LogP contribution in [0.1, 0.15) is 44.2 Å². The van der Waals surface area contributed by atoms with Crippen molar-refractivity contribution in [2.75, 3.05) is 7.11 Å². The van der Waals surface area contributed by atoms with Gasteiger partial charge in [0.1, 0.15) is 11.9 Å². The van der Waals surface area contributed by atoms with Crippen LogP contribution in [0.5, 0.6) is 5.75 Å². The lowest BCUT2D eigenvalue weighted by atomic mass is 9.95. The highest BCUT2D eigenvalue weighted by Gasteiger charge is 2.35. The standard InChI is InChI=1S/C18H22N2O4/c1-11-15(17(21)24-12-7-3-4-8-12)16(20-18(22)19-11)13-9-5-6-10-14(13)23-2/h5-6,9-10,12,16H,3-4,7-8H2,1-2H3,(H2,19,20,22)/t16-/m1/s1. The van der Waals surface area contributed by atoms with E-state index in [1.807, 2.05) is 18.2 Å². The maximum Gasteiger partial charge on any atom is 0.338 e. The summed E-state index contributed by atoms with van der Waals surface area (Å²) in [5.74, 6) is 0.228. The highest BCUT2D eigenvalue weighted by molar-refractivity contribution is 5.95. The summed E-state index contributed by atoms with van der Waals surface area (Å²) in [4.78, 5) is 24.7. The molecule has 2 N–H and O–H groups in total. The molecular formula is C18H22N2O4. The summed E-state index contributed by atoms with van der Waals surface area (Å²) in [6, 6.07) is 6.40. The number of urea groups is 1. The summed E-state index contributed by atoms with van der Waals surface area (Å²) in [6.45, 7) is 1.71. The Kier molecular flexibility index (Phi) is 4.74. The van der Waals surface area contributed by atoms with Crippen molar-refractivity contribution >= 4 is 12.0 Å². The lowest BCUT2D eigenvalue weighted by molar-refractivity contribution is -0.144. The van der Waals surface area contributed by atoms with E-state index in [1.165, 1.54) is 0 Å². The van der Waals surface area contributed by atoms with Crippen LogP contribution in [0, 0.1) is 0 Å². The Hall–Kier alpha value is -2.50. The molecule has 1 saturated carbocycles. The number of esters is 1. The summed E-state index contributed by atoms with van der Waals surface area (Å²) in [6.07, 6.45) is 3.93. The van der Waals surface area contributed by atoms with Crippen LogP contribution in [-0.2, 0) is 9.53 Å². The number of carbonyl (C=O) groups excluding carboxylic acids is 2. The molecule has 1 atom stereocenters. The van der Waals surface area contributed by atoms with Crippen LogP contribution in [-0.4, -0.2) is 25.2 Å². The third-order valence-electron chi connectivity index (χ3n) is 4.51. The number of para-hydroxylation sites is 1. The Morgan fingerprint density at radius 1 is 1.21 bits per heavy atom. The van der Waals surface area contributed by atoms with E-state index in [-0.39, 0.29) is 18.1 Å². The predicted molar refractivity (Wildman–Crippen MR) is 88.5 cm³/mol. The maximum atomic E-state index is 12.7. The monoisotopic (exact) mass is 330 g/mol. The van der Waals surface area contributed by atoms with Gasteiger partial charge in [-0.2, -0.15) is 0 Å². The zero-order valence-corrected chi connectivity index (χ0v) is 13.9. The number of methoxy groups -OCH3 is 1. The average molecular weight is 330 g/mol. The van der Waals surface area contributed by atoms with Gasteiger partial charge in [-0.25, -0.2) is 9.59 Å². The number of hydrogen-bond donors (Lipinski definition) is 2. The Balaban J connectivity index is 1.94. The second kappa shape index (κ2) is 6.95. The lowest BCUT2D eigenvalue weighted by Gasteiger charge is -2.29. The molecule has 0 unspecified atom stereocenters. The van der Waals surface area contributed by atoms with Gasteiger partial charge >= 0.3 is 12.0 Å². The van der Waals surface area contributed by atoms with Crippen molar-refractivity contribution in [2.45, 2.75) is 44.8 Å². The molecule has 3 rings (SSSR count). The normalized spacial score (nSPS) is 21.2. The smallest absolute Gasteiger partial charge is 0.338 e.